The van der Waals surface area contributed by atoms with Crippen molar-refractivity contribution >= 4 is 11.8 Å². The maximum atomic E-state index is 12.3. The van der Waals surface area contributed by atoms with Gasteiger partial charge in [-0.1, -0.05) is 6.07 Å². The lowest BCUT2D eigenvalue weighted by atomic mass is 10.0. The molecule has 2 aliphatic heterocycles. The first-order valence-corrected chi connectivity index (χ1v) is 7.48. The van der Waals surface area contributed by atoms with Crippen molar-refractivity contribution in [2.75, 3.05) is 26.8 Å². The summed E-state index contributed by atoms with van der Waals surface area (Å²) in [5.41, 5.74) is 0.954. The lowest BCUT2D eigenvalue weighted by Gasteiger charge is -2.21. The standard InChI is InChI=1S/C16H20N2O4/c1-10(17-16(20)12-8-15(19)18(2)9-12)11-3-4-13-14(7-11)22-6-5-21-13/h3-4,7,10,12H,5-6,8-9H2,1-2H3,(H,17,20)/t10-,12+/m0/s1. The van der Waals surface area contributed by atoms with Gasteiger partial charge in [0.15, 0.2) is 11.5 Å². The summed E-state index contributed by atoms with van der Waals surface area (Å²) >= 11 is 0. The number of nitrogens with zero attached hydrogens (tertiary/aromatic N) is 1. The van der Waals surface area contributed by atoms with Crippen LogP contribution in [0, 0.1) is 5.92 Å². The molecule has 1 N–H and O–H groups in total. The number of ether oxygens (including phenoxy) is 2. The largest absolute Gasteiger partial charge is 0.486 e. The third-order valence-corrected chi connectivity index (χ3v) is 4.14. The average Bonchev–Trinajstić information content (AvgIpc) is 2.86. The van der Waals surface area contributed by atoms with Gasteiger partial charge in [-0.15, -0.1) is 0 Å². The van der Waals surface area contributed by atoms with Crippen molar-refractivity contribution in [2.24, 2.45) is 5.92 Å². The molecule has 0 aliphatic carbocycles. The highest BCUT2D eigenvalue weighted by atomic mass is 16.6. The van der Waals surface area contributed by atoms with E-state index < -0.39 is 0 Å². The SMILES string of the molecule is C[C@H](NC(=O)[C@@H]1CC(=O)N(C)C1)c1ccc2c(c1)OCCO2. The second-order valence-corrected chi connectivity index (χ2v) is 5.81. The quantitative estimate of drug-likeness (QED) is 0.908. The lowest BCUT2D eigenvalue weighted by molar-refractivity contribution is -0.128. The monoisotopic (exact) mass is 304 g/mol. The van der Waals surface area contributed by atoms with E-state index in [4.69, 9.17) is 9.47 Å². The molecule has 2 atom stereocenters. The maximum Gasteiger partial charge on any atom is 0.225 e. The molecule has 6 nitrogen and oxygen atoms in total. The first-order chi connectivity index (χ1) is 10.5. The third-order valence-electron chi connectivity index (χ3n) is 4.14. The fourth-order valence-corrected chi connectivity index (χ4v) is 2.78. The highest BCUT2D eigenvalue weighted by Crippen LogP contribution is 2.32. The molecule has 22 heavy (non-hydrogen) atoms. The van der Waals surface area contributed by atoms with Gasteiger partial charge in [-0.3, -0.25) is 9.59 Å². The van der Waals surface area contributed by atoms with Crippen LogP contribution in [0.5, 0.6) is 11.5 Å². The highest BCUT2D eigenvalue weighted by Gasteiger charge is 2.32. The Morgan fingerprint density at radius 3 is 2.73 bits per heavy atom. The minimum absolute atomic E-state index is 0.0205. The first kappa shape index (κ1) is 14.7. The summed E-state index contributed by atoms with van der Waals surface area (Å²) in [6.07, 6.45) is 0.288. The summed E-state index contributed by atoms with van der Waals surface area (Å²) in [6.45, 7) is 3.50. The molecule has 118 valence electrons. The number of hydrogen-bond acceptors (Lipinski definition) is 4. The van der Waals surface area contributed by atoms with Gasteiger partial charge >= 0.3 is 0 Å². The molecule has 3 rings (SSSR count). The molecule has 2 heterocycles. The van der Waals surface area contributed by atoms with Gasteiger partial charge in [0.05, 0.1) is 12.0 Å². The smallest absolute Gasteiger partial charge is 0.225 e. The molecule has 0 spiro atoms. The molecule has 0 unspecified atom stereocenters. The number of fused-ring (bicyclic) bond motifs is 1. The van der Waals surface area contributed by atoms with Crippen molar-refractivity contribution in [1.29, 1.82) is 0 Å². The van der Waals surface area contributed by atoms with E-state index in [1.807, 2.05) is 25.1 Å². The first-order valence-electron chi connectivity index (χ1n) is 7.48. The number of amides is 2. The van der Waals surface area contributed by atoms with Crippen LogP contribution < -0.4 is 14.8 Å². The van der Waals surface area contributed by atoms with Gasteiger partial charge in [-0.05, 0) is 24.6 Å². The molecule has 0 saturated carbocycles. The topological polar surface area (TPSA) is 67.9 Å². The molecular weight excluding hydrogens is 284 g/mol. The Morgan fingerprint density at radius 1 is 1.32 bits per heavy atom. The Balaban J connectivity index is 1.65. The molecular formula is C16H20N2O4. The van der Waals surface area contributed by atoms with E-state index in [1.54, 1.807) is 11.9 Å². The minimum Gasteiger partial charge on any atom is -0.486 e. The maximum absolute atomic E-state index is 12.3. The van der Waals surface area contributed by atoms with Gasteiger partial charge in [0.1, 0.15) is 13.2 Å². The predicted octanol–water partition coefficient (Wildman–Crippen LogP) is 1.11. The molecule has 1 saturated heterocycles. The molecule has 1 fully saturated rings. The zero-order valence-corrected chi connectivity index (χ0v) is 12.8. The number of likely N-dealkylation sites (tertiary alicyclic amines) is 1. The number of nitrogens with one attached hydrogen (secondary N) is 1. The Morgan fingerprint density at radius 2 is 2.05 bits per heavy atom. The van der Waals surface area contributed by atoms with E-state index in [2.05, 4.69) is 5.32 Å². The summed E-state index contributed by atoms with van der Waals surface area (Å²) < 4.78 is 11.0. The molecule has 1 aromatic rings. The van der Waals surface area contributed by atoms with E-state index in [9.17, 15) is 9.59 Å². The van der Waals surface area contributed by atoms with Crippen LogP contribution in [0.3, 0.4) is 0 Å². The van der Waals surface area contributed by atoms with E-state index in [0.717, 1.165) is 11.3 Å². The van der Waals surface area contributed by atoms with Crippen molar-refractivity contribution < 1.29 is 19.1 Å². The van der Waals surface area contributed by atoms with Crippen LogP contribution in [0.2, 0.25) is 0 Å². The van der Waals surface area contributed by atoms with Gasteiger partial charge in [0, 0.05) is 20.0 Å². The Hall–Kier alpha value is -2.24. The molecule has 1 aromatic carbocycles. The van der Waals surface area contributed by atoms with Gasteiger partial charge in [0.25, 0.3) is 0 Å². The van der Waals surface area contributed by atoms with E-state index >= 15 is 0 Å². The molecule has 0 radical (unpaired) electrons. The van der Waals surface area contributed by atoms with Crippen LogP contribution in [0.4, 0.5) is 0 Å². The predicted molar refractivity (Wildman–Crippen MR) is 79.7 cm³/mol. The molecule has 2 aliphatic rings. The average molecular weight is 304 g/mol. The van der Waals surface area contributed by atoms with E-state index in [-0.39, 0.29) is 30.2 Å². The number of carbonyl (C=O) groups excluding carboxylic acids is 2. The lowest BCUT2D eigenvalue weighted by Crippen LogP contribution is -2.34. The minimum atomic E-state index is -0.267. The fraction of sp³-hybridized carbons (Fsp3) is 0.500. The summed E-state index contributed by atoms with van der Waals surface area (Å²) in [5.74, 6) is 1.11. The number of hydrogen-bond donors (Lipinski definition) is 1. The zero-order chi connectivity index (χ0) is 15.7. The van der Waals surface area contributed by atoms with Crippen molar-refractivity contribution in [3.8, 4) is 11.5 Å². The molecule has 0 bridgehead atoms. The van der Waals surface area contributed by atoms with Crippen LogP contribution in [0.25, 0.3) is 0 Å². The van der Waals surface area contributed by atoms with E-state index in [0.29, 0.717) is 25.5 Å². The zero-order valence-electron chi connectivity index (χ0n) is 12.8. The third kappa shape index (κ3) is 2.86. The molecule has 2 amide bonds. The van der Waals surface area contributed by atoms with Crippen LogP contribution in [0.1, 0.15) is 24.9 Å². The summed E-state index contributed by atoms with van der Waals surface area (Å²) in [4.78, 5) is 25.4. The van der Waals surface area contributed by atoms with Gasteiger partial charge in [-0.25, -0.2) is 0 Å². The Kier molecular flexibility index (Phi) is 3.92. The Bertz CT molecular complexity index is 602. The van der Waals surface area contributed by atoms with Crippen LogP contribution in [-0.4, -0.2) is 43.5 Å². The summed E-state index contributed by atoms with van der Waals surface area (Å²) in [6, 6.07) is 5.53. The Labute approximate surface area is 129 Å². The van der Waals surface area contributed by atoms with E-state index in [1.165, 1.54) is 0 Å². The fourth-order valence-electron chi connectivity index (χ4n) is 2.78. The summed E-state index contributed by atoms with van der Waals surface area (Å²) in [5, 5.41) is 2.97. The van der Waals surface area contributed by atoms with Crippen molar-refractivity contribution in [2.45, 2.75) is 19.4 Å². The highest BCUT2D eigenvalue weighted by molar-refractivity contribution is 5.89. The second-order valence-electron chi connectivity index (χ2n) is 5.81. The molecule has 0 aromatic heterocycles. The van der Waals surface area contributed by atoms with Crippen LogP contribution >= 0.6 is 0 Å². The van der Waals surface area contributed by atoms with Crippen molar-refractivity contribution in [3.05, 3.63) is 23.8 Å². The number of benzene rings is 1. The normalized spacial score (nSPS) is 21.6. The summed E-state index contributed by atoms with van der Waals surface area (Å²) in [7, 11) is 1.72. The second kappa shape index (κ2) is 5.87. The molecule has 6 heteroatoms. The van der Waals surface area contributed by atoms with Gasteiger partial charge in [-0.2, -0.15) is 0 Å². The van der Waals surface area contributed by atoms with Crippen LogP contribution in [-0.2, 0) is 9.59 Å². The number of carbonyl (C=O) groups is 2. The van der Waals surface area contributed by atoms with Crippen LogP contribution in [0.15, 0.2) is 18.2 Å². The van der Waals surface area contributed by atoms with Crippen molar-refractivity contribution in [3.63, 3.8) is 0 Å². The van der Waals surface area contributed by atoms with Crippen molar-refractivity contribution in [1.82, 2.24) is 10.2 Å². The van der Waals surface area contributed by atoms with Gasteiger partial charge in [0.2, 0.25) is 11.8 Å². The van der Waals surface area contributed by atoms with Gasteiger partial charge < -0.3 is 19.7 Å². The number of rotatable bonds is 3.